The summed E-state index contributed by atoms with van der Waals surface area (Å²) in [6.07, 6.45) is -0.393. The summed E-state index contributed by atoms with van der Waals surface area (Å²) in [5.41, 5.74) is 4.41. The molecule has 0 radical (unpaired) electrons. The molecule has 2 aliphatic rings. The van der Waals surface area contributed by atoms with Crippen LogP contribution in [0.5, 0.6) is 0 Å². The first kappa shape index (κ1) is 23.2. The molecule has 33 heavy (non-hydrogen) atoms. The zero-order valence-electron chi connectivity index (χ0n) is 18.5. The maximum atomic E-state index is 12.9. The number of hydrogen-bond donors (Lipinski definition) is 2. The van der Waals surface area contributed by atoms with Crippen molar-refractivity contribution in [3.8, 4) is 11.1 Å². The van der Waals surface area contributed by atoms with E-state index < -0.39 is 24.5 Å². The molecule has 2 aromatic carbocycles. The Balaban J connectivity index is 1.40. The van der Waals surface area contributed by atoms with Crippen molar-refractivity contribution in [2.75, 3.05) is 25.4 Å². The number of ether oxygens (including phenoxy) is 1. The predicted molar refractivity (Wildman–Crippen MR) is 127 cm³/mol. The fraction of sp³-hybridized carbons (Fsp3) is 0.400. The number of aliphatic carboxylic acids is 1. The van der Waals surface area contributed by atoms with Gasteiger partial charge in [-0.05, 0) is 34.4 Å². The molecule has 2 N–H and O–H groups in total. The lowest BCUT2D eigenvalue weighted by atomic mass is 9.98. The molecule has 1 heterocycles. The zero-order chi connectivity index (χ0) is 23.4. The topological polar surface area (TPSA) is 95.9 Å². The highest BCUT2D eigenvalue weighted by atomic mass is 32.2. The van der Waals surface area contributed by atoms with Crippen molar-refractivity contribution in [1.29, 1.82) is 0 Å². The average Bonchev–Trinajstić information content (AvgIpc) is 3.39. The lowest BCUT2D eigenvalue weighted by Crippen LogP contribution is -2.49. The number of fused-ring (bicyclic) bond motifs is 3. The summed E-state index contributed by atoms with van der Waals surface area (Å²) >= 11 is 1.79. The molecule has 174 valence electrons. The van der Waals surface area contributed by atoms with Gasteiger partial charge in [0.15, 0.2) is 0 Å². The maximum absolute atomic E-state index is 12.9. The van der Waals surface area contributed by atoms with Crippen LogP contribution < -0.4 is 5.32 Å². The Labute approximate surface area is 197 Å². The largest absolute Gasteiger partial charge is 0.481 e. The van der Waals surface area contributed by atoms with Crippen molar-refractivity contribution in [1.82, 2.24) is 10.2 Å². The molecule has 2 unspecified atom stereocenters. The highest BCUT2D eigenvalue weighted by molar-refractivity contribution is 7.99. The van der Waals surface area contributed by atoms with E-state index in [9.17, 15) is 19.5 Å². The molecule has 0 spiro atoms. The van der Waals surface area contributed by atoms with Crippen LogP contribution in [0.15, 0.2) is 48.5 Å². The fourth-order valence-corrected chi connectivity index (χ4v) is 5.71. The predicted octanol–water partition coefficient (Wildman–Crippen LogP) is 3.72. The molecule has 4 rings (SSSR count). The second kappa shape index (κ2) is 10.3. The van der Waals surface area contributed by atoms with Gasteiger partial charge in [-0.3, -0.25) is 9.59 Å². The summed E-state index contributed by atoms with van der Waals surface area (Å²) in [6.45, 7) is 3.31. The van der Waals surface area contributed by atoms with E-state index in [0.29, 0.717) is 18.3 Å². The summed E-state index contributed by atoms with van der Waals surface area (Å²) in [7, 11) is 0. The molecule has 0 bridgehead atoms. The first-order valence-corrected chi connectivity index (χ1v) is 12.3. The summed E-state index contributed by atoms with van der Waals surface area (Å²) in [6, 6.07) is 14.9. The molecule has 0 saturated carbocycles. The highest BCUT2D eigenvalue weighted by Gasteiger charge is 2.34. The Bertz CT molecular complexity index is 997. The first-order chi connectivity index (χ1) is 16.0. The minimum Gasteiger partial charge on any atom is -0.481 e. The average molecular weight is 469 g/mol. The van der Waals surface area contributed by atoms with Crippen molar-refractivity contribution in [3.05, 3.63) is 59.7 Å². The quantitative estimate of drug-likeness (QED) is 0.613. The van der Waals surface area contributed by atoms with Gasteiger partial charge in [-0.15, -0.1) is 0 Å². The SMILES string of the molecule is CCSC1CCN(C(=O)C(CC(=O)O)NC(=O)OCC2c3ccccc3-c3ccccc32)C1. The van der Waals surface area contributed by atoms with Gasteiger partial charge in [-0.1, -0.05) is 55.5 Å². The van der Waals surface area contributed by atoms with Crippen LogP contribution in [-0.4, -0.2) is 64.7 Å². The molecule has 1 aliphatic heterocycles. The first-order valence-electron chi connectivity index (χ1n) is 11.2. The second-order valence-electron chi connectivity index (χ2n) is 8.27. The van der Waals surface area contributed by atoms with Crippen LogP contribution in [0, 0.1) is 0 Å². The number of rotatable bonds is 8. The van der Waals surface area contributed by atoms with Gasteiger partial charge in [-0.25, -0.2) is 4.79 Å². The van der Waals surface area contributed by atoms with E-state index in [1.807, 2.05) is 36.4 Å². The Kier molecular flexibility index (Phi) is 7.23. The number of alkyl carbamates (subject to hydrolysis) is 1. The molecular weight excluding hydrogens is 440 g/mol. The molecule has 0 aromatic heterocycles. The minimum absolute atomic E-state index is 0.104. The van der Waals surface area contributed by atoms with Crippen molar-refractivity contribution in [2.45, 2.75) is 37.0 Å². The monoisotopic (exact) mass is 468 g/mol. The number of likely N-dealkylation sites (tertiary alicyclic amines) is 1. The lowest BCUT2D eigenvalue weighted by molar-refractivity contribution is -0.142. The van der Waals surface area contributed by atoms with Gasteiger partial charge in [0.2, 0.25) is 5.91 Å². The van der Waals surface area contributed by atoms with Gasteiger partial charge in [0, 0.05) is 24.3 Å². The third kappa shape index (κ3) is 5.16. The van der Waals surface area contributed by atoms with E-state index in [2.05, 4.69) is 24.4 Å². The Hall–Kier alpha value is -3.00. The van der Waals surface area contributed by atoms with E-state index in [4.69, 9.17) is 4.74 Å². The van der Waals surface area contributed by atoms with Crippen LogP contribution in [-0.2, 0) is 14.3 Å². The molecule has 7 nitrogen and oxygen atoms in total. The molecule has 8 heteroatoms. The number of carboxylic acids is 1. The van der Waals surface area contributed by atoms with Gasteiger partial charge in [0.1, 0.15) is 12.6 Å². The summed E-state index contributed by atoms with van der Waals surface area (Å²) < 4.78 is 5.51. The Morgan fingerprint density at radius 2 is 1.76 bits per heavy atom. The van der Waals surface area contributed by atoms with E-state index >= 15 is 0 Å². The lowest BCUT2D eigenvalue weighted by Gasteiger charge is -2.23. The number of carbonyl (C=O) groups excluding carboxylic acids is 2. The van der Waals surface area contributed by atoms with Gasteiger partial charge in [0.25, 0.3) is 0 Å². The third-order valence-corrected chi connectivity index (χ3v) is 7.36. The zero-order valence-corrected chi connectivity index (χ0v) is 19.3. The number of benzene rings is 2. The van der Waals surface area contributed by atoms with Gasteiger partial charge >= 0.3 is 12.1 Å². The van der Waals surface area contributed by atoms with Crippen molar-refractivity contribution >= 4 is 29.7 Å². The van der Waals surface area contributed by atoms with Crippen LogP contribution in [0.25, 0.3) is 11.1 Å². The normalized spacial score (nSPS) is 17.8. The van der Waals surface area contributed by atoms with Crippen LogP contribution in [0.1, 0.15) is 36.8 Å². The number of amides is 2. The Morgan fingerprint density at radius 1 is 1.12 bits per heavy atom. The molecule has 1 saturated heterocycles. The molecule has 1 fully saturated rings. The molecule has 2 aromatic rings. The van der Waals surface area contributed by atoms with Crippen LogP contribution in [0.4, 0.5) is 4.79 Å². The number of nitrogens with one attached hydrogen (secondary N) is 1. The van der Waals surface area contributed by atoms with Gasteiger partial charge < -0.3 is 20.1 Å². The number of hydrogen-bond acceptors (Lipinski definition) is 5. The maximum Gasteiger partial charge on any atom is 0.407 e. The third-order valence-electron chi connectivity index (χ3n) is 6.17. The summed E-state index contributed by atoms with van der Waals surface area (Å²) in [5.74, 6) is -0.665. The number of carbonyl (C=O) groups is 3. The summed E-state index contributed by atoms with van der Waals surface area (Å²) in [5, 5.41) is 12.1. The van der Waals surface area contributed by atoms with Gasteiger partial charge in [-0.2, -0.15) is 11.8 Å². The van der Waals surface area contributed by atoms with Crippen LogP contribution in [0.2, 0.25) is 0 Å². The van der Waals surface area contributed by atoms with E-state index in [0.717, 1.165) is 34.4 Å². The molecular formula is C25H28N2O5S. The smallest absolute Gasteiger partial charge is 0.407 e. The highest BCUT2D eigenvalue weighted by Crippen LogP contribution is 2.44. The number of thioether (sulfide) groups is 1. The van der Waals surface area contributed by atoms with Crippen molar-refractivity contribution in [2.24, 2.45) is 0 Å². The van der Waals surface area contributed by atoms with Crippen molar-refractivity contribution < 1.29 is 24.2 Å². The molecule has 2 amide bonds. The Morgan fingerprint density at radius 3 is 2.36 bits per heavy atom. The number of carboxylic acid groups (broad SMARTS) is 1. The number of nitrogens with zero attached hydrogens (tertiary/aromatic N) is 1. The van der Waals surface area contributed by atoms with E-state index in [1.165, 1.54) is 0 Å². The second-order valence-corrected chi connectivity index (χ2v) is 9.85. The molecule has 1 aliphatic carbocycles. The van der Waals surface area contributed by atoms with E-state index in [-0.39, 0.29) is 18.4 Å². The van der Waals surface area contributed by atoms with Gasteiger partial charge in [0.05, 0.1) is 6.42 Å². The standard InChI is InChI=1S/C25H28N2O5S/c1-2-33-16-11-12-27(14-16)24(30)22(13-23(28)29)26-25(31)32-15-21-19-9-5-3-7-17(19)18-8-4-6-10-20(18)21/h3-10,16,21-22H,2,11-15H2,1H3,(H,26,31)(H,28,29). The minimum atomic E-state index is -1.15. The fourth-order valence-electron chi connectivity index (χ4n) is 4.68. The van der Waals surface area contributed by atoms with E-state index in [1.54, 1.807) is 16.7 Å². The van der Waals surface area contributed by atoms with Crippen LogP contribution >= 0.6 is 11.8 Å². The summed E-state index contributed by atoms with van der Waals surface area (Å²) in [4.78, 5) is 38.5. The van der Waals surface area contributed by atoms with Crippen LogP contribution in [0.3, 0.4) is 0 Å². The molecule has 2 atom stereocenters. The van der Waals surface area contributed by atoms with Crippen molar-refractivity contribution in [3.63, 3.8) is 0 Å².